The molecule has 2 rings (SSSR count). The number of hydrogen-bond donors (Lipinski definition) is 1. The maximum absolute atomic E-state index is 11.9. The van der Waals surface area contributed by atoms with E-state index in [4.69, 9.17) is 16.9 Å². The second kappa shape index (κ2) is 6.03. The molecule has 0 unspecified atom stereocenters. The van der Waals surface area contributed by atoms with E-state index in [0.29, 0.717) is 16.3 Å². The molecule has 19 heavy (non-hydrogen) atoms. The molecule has 0 aliphatic rings. The second-order valence-electron chi connectivity index (χ2n) is 4.02. The van der Waals surface area contributed by atoms with Crippen LogP contribution in [0.1, 0.15) is 11.1 Å². The Morgan fingerprint density at radius 2 is 1.95 bits per heavy atom. The van der Waals surface area contributed by atoms with Gasteiger partial charge < -0.3 is 5.32 Å². The Morgan fingerprint density at radius 3 is 2.63 bits per heavy atom. The molecule has 94 valence electrons. The highest BCUT2D eigenvalue weighted by molar-refractivity contribution is 6.33. The number of nitrogens with one attached hydrogen (secondary N) is 1. The maximum atomic E-state index is 11.9. The number of anilines is 1. The SMILES string of the molecule is N#Cc1ccc(Cl)c(NC(=O)Cc2ccccc2)c1. The lowest BCUT2D eigenvalue weighted by Crippen LogP contribution is -2.14. The molecule has 4 heteroatoms. The zero-order valence-electron chi connectivity index (χ0n) is 10.1. The minimum atomic E-state index is -0.164. The number of carbonyl (C=O) groups excluding carboxylic acids is 1. The molecule has 0 aliphatic carbocycles. The minimum absolute atomic E-state index is 0.164. The van der Waals surface area contributed by atoms with Gasteiger partial charge >= 0.3 is 0 Å². The summed E-state index contributed by atoms with van der Waals surface area (Å²) in [5.41, 5.74) is 1.84. The molecule has 0 heterocycles. The molecular weight excluding hydrogens is 260 g/mol. The summed E-state index contributed by atoms with van der Waals surface area (Å²) in [4.78, 5) is 11.9. The number of carbonyl (C=O) groups is 1. The van der Waals surface area contributed by atoms with Gasteiger partial charge in [0.15, 0.2) is 0 Å². The third-order valence-corrected chi connectivity index (χ3v) is 2.91. The van der Waals surface area contributed by atoms with E-state index in [1.807, 2.05) is 36.4 Å². The van der Waals surface area contributed by atoms with Crippen LogP contribution in [0.2, 0.25) is 5.02 Å². The van der Waals surface area contributed by atoms with E-state index < -0.39 is 0 Å². The number of hydrogen-bond acceptors (Lipinski definition) is 2. The van der Waals surface area contributed by atoms with Gasteiger partial charge in [0.25, 0.3) is 0 Å². The molecular formula is C15H11ClN2O. The molecule has 0 fully saturated rings. The molecule has 1 amide bonds. The smallest absolute Gasteiger partial charge is 0.228 e. The van der Waals surface area contributed by atoms with Gasteiger partial charge in [-0.25, -0.2) is 0 Å². The van der Waals surface area contributed by atoms with Crippen molar-refractivity contribution in [3.05, 3.63) is 64.7 Å². The monoisotopic (exact) mass is 270 g/mol. The van der Waals surface area contributed by atoms with Crippen LogP contribution >= 0.6 is 11.6 Å². The van der Waals surface area contributed by atoms with E-state index in [1.54, 1.807) is 18.2 Å². The fraction of sp³-hybridized carbons (Fsp3) is 0.0667. The number of amides is 1. The van der Waals surface area contributed by atoms with Gasteiger partial charge in [0.2, 0.25) is 5.91 Å². The first kappa shape index (κ1) is 13.1. The molecule has 2 aromatic rings. The Labute approximate surface area is 116 Å². The van der Waals surface area contributed by atoms with E-state index in [-0.39, 0.29) is 12.3 Å². The molecule has 0 bridgehead atoms. The lowest BCUT2D eigenvalue weighted by atomic mass is 10.1. The van der Waals surface area contributed by atoms with Gasteiger partial charge in [-0.1, -0.05) is 41.9 Å². The van der Waals surface area contributed by atoms with E-state index in [2.05, 4.69) is 5.32 Å². The van der Waals surface area contributed by atoms with Gasteiger partial charge in [-0.2, -0.15) is 5.26 Å². The van der Waals surface area contributed by atoms with Crippen LogP contribution in [0.15, 0.2) is 48.5 Å². The van der Waals surface area contributed by atoms with Gasteiger partial charge in [-0.3, -0.25) is 4.79 Å². The first-order chi connectivity index (χ1) is 9.19. The molecule has 1 N–H and O–H groups in total. The van der Waals surface area contributed by atoms with Crippen molar-refractivity contribution in [2.24, 2.45) is 0 Å². The summed E-state index contributed by atoms with van der Waals surface area (Å²) >= 11 is 5.98. The van der Waals surface area contributed by atoms with Gasteiger partial charge in [0, 0.05) is 0 Å². The fourth-order valence-electron chi connectivity index (χ4n) is 1.67. The quantitative estimate of drug-likeness (QED) is 0.929. The van der Waals surface area contributed by atoms with Crippen molar-refractivity contribution in [3.8, 4) is 6.07 Å². The summed E-state index contributed by atoms with van der Waals surface area (Å²) in [6.45, 7) is 0. The zero-order valence-corrected chi connectivity index (χ0v) is 10.8. The van der Waals surface area contributed by atoms with Crippen molar-refractivity contribution in [2.75, 3.05) is 5.32 Å². The van der Waals surface area contributed by atoms with E-state index in [0.717, 1.165) is 5.56 Å². The molecule has 0 saturated carbocycles. The van der Waals surface area contributed by atoms with Crippen LogP contribution < -0.4 is 5.32 Å². The Hall–Kier alpha value is -2.31. The average Bonchev–Trinajstić information content (AvgIpc) is 2.42. The molecule has 2 aromatic carbocycles. The number of benzene rings is 2. The zero-order chi connectivity index (χ0) is 13.7. The number of nitrogens with zero attached hydrogens (tertiary/aromatic N) is 1. The van der Waals surface area contributed by atoms with Crippen LogP contribution in [0.3, 0.4) is 0 Å². The summed E-state index contributed by atoms with van der Waals surface area (Å²) in [5, 5.41) is 11.9. The Bertz CT molecular complexity index is 632. The minimum Gasteiger partial charge on any atom is -0.324 e. The standard InChI is InChI=1S/C15H11ClN2O/c16-13-7-6-12(10-17)8-14(13)18-15(19)9-11-4-2-1-3-5-11/h1-8H,9H2,(H,18,19). The lowest BCUT2D eigenvalue weighted by molar-refractivity contribution is -0.115. The van der Waals surface area contributed by atoms with E-state index >= 15 is 0 Å². The van der Waals surface area contributed by atoms with Crippen LogP contribution in [0.25, 0.3) is 0 Å². The van der Waals surface area contributed by atoms with Crippen molar-refractivity contribution in [1.82, 2.24) is 0 Å². The van der Waals surface area contributed by atoms with Crippen LogP contribution in [-0.2, 0) is 11.2 Å². The van der Waals surface area contributed by atoms with Gasteiger partial charge in [0.05, 0.1) is 28.8 Å². The van der Waals surface area contributed by atoms with Gasteiger partial charge in [-0.15, -0.1) is 0 Å². The van der Waals surface area contributed by atoms with Gasteiger partial charge in [0.1, 0.15) is 0 Å². The number of rotatable bonds is 3. The van der Waals surface area contributed by atoms with Gasteiger partial charge in [-0.05, 0) is 23.8 Å². The lowest BCUT2D eigenvalue weighted by Gasteiger charge is -2.07. The molecule has 0 aliphatic heterocycles. The molecule has 0 saturated heterocycles. The van der Waals surface area contributed by atoms with Crippen molar-refractivity contribution in [3.63, 3.8) is 0 Å². The van der Waals surface area contributed by atoms with Crippen LogP contribution in [-0.4, -0.2) is 5.91 Å². The highest BCUT2D eigenvalue weighted by atomic mass is 35.5. The van der Waals surface area contributed by atoms with Crippen molar-refractivity contribution in [1.29, 1.82) is 5.26 Å². The molecule has 0 radical (unpaired) electrons. The summed E-state index contributed by atoms with van der Waals surface area (Å²) in [7, 11) is 0. The van der Waals surface area contributed by atoms with Crippen molar-refractivity contribution < 1.29 is 4.79 Å². The van der Waals surface area contributed by atoms with Crippen molar-refractivity contribution >= 4 is 23.2 Å². The summed E-state index contributed by atoms with van der Waals surface area (Å²) in [6, 6.07) is 16.2. The second-order valence-corrected chi connectivity index (χ2v) is 4.42. The van der Waals surface area contributed by atoms with Crippen LogP contribution in [0.5, 0.6) is 0 Å². The van der Waals surface area contributed by atoms with E-state index in [9.17, 15) is 4.79 Å². The Balaban J connectivity index is 2.09. The summed E-state index contributed by atoms with van der Waals surface area (Å²) < 4.78 is 0. The molecule has 0 aromatic heterocycles. The van der Waals surface area contributed by atoms with E-state index in [1.165, 1.54) is 0 Å². The van der Waals surface area contributed by atoms with Crippen LogP contribution in [0, 0.1) is 11.3 Å². The number of halogens is 1. The predicted molar refractivity (Wildman–Crippen MR) is 74.9 cm³/mol. The Kier molecular flexibility index (Phi) is 4.17. The van der Waals surface area contributed by atoms with Crippen LogP contribution in [0.4, 0.5) is 5.69 Å². The fourth-order valence-corrected chi connectivity index (χ4v) is 1.83. The Morgan fingerprint density at radius 1 is 1.21 bits per heavy atom. The largest absolute Gasteiger partial charge is 0.324 e. The third-order valence-electron chi connectivity index (χ3n) is 2.58. The summed E-state index contributed by atoms with van der Waals surface area (Å²) in [5.74, 6) is -0.164. The summed E-state index contributed by atoms with van der Waals surface area (Å²) in [6.07, 6.45) is 0.272. The molecule has 3 nitrogen and oxygen atoms in total. The first-order valence-electron chi connectivity index (χ1n) is 5.72. The maximum Gasteiger partial charge on any atom is 0.228 e. The normalized spacial score (nSPS) is 9.68. The molecule has 0 atom stereocenters. The topological polar surface area (TPSA) is 52.9 Å². The predicted octanol–water partition coefficient (Wildman–Crippen LogP) is 3.39. The first-order valence-corrected chi connectivity index (χ1v) is 6.10. The van der Waals surface area contributed by atoms with Crippen molar-refractivity contribution in [2.45, 2.75) is 6.42 Å². The highest BCUT2D eigenvalue weighted by Gasteiger charge is 2.07. The highest BCUT2D eigenvalue weighted by Crippen LogP contribution is 2.22. The average molecular weight is 271 g/mol. The third kappa shape index (κ3) is 3.57. The molecule has 0 spiro atoms. The number of nitriles is 1.